The maximum absolute atomic E-state index is 10.7. The highest BCUT2D eigenvalue weighted by atomic mass is 16.5. The molecule has 1 aliphatic rings. The zero-order valence-corrected chi connectivity index (χ0v) is 10.0. The highest BCUT2D eigenvalue weighted by Crippen LogP contribution is 2.38. The molecule has 1 saturated heterocycles. The van der Waals surface area contributed by atoms with Crippen LogP contribution in [-0.4, -0.2) is 24.3 Å². The average Bonchev–Trinajstić information content (AvgIpc) is 2.37. The van der Waals surface area contributed by atoms with Gasteiger partial charge in [-0.15, -0.1) is 0 Å². The summed E-state index contributed by atoms with van der Waals surface area (Å²) in [5.41, 5.74) is 0.799. The van der Waals surface area contributed by atoms with Crippen molar-refractivity contribution >= 4 is 5.97 Å². The van der Waals surface area contributed by atoms with Crippen LogP contribution in [0.3, 0.4) is 0 Å². The lowest BCUT2D eigenvalue weighted by atomic mass is 9.90. The van der Waals surface area contributed by atoms with Crippen molar-refractivity contribution in [2.24, 2.45) is 5.92 Å². The summed E-state index contributed by atoms with van der Waals surface area (Å²) in [6.07, 6.45) is 0.982. The molecular formula is C12H20O3. The van der Waals surface area contributed by atoms with Gasteiger partial charge < -0.3 is 9.47 Å². The molecule has 3 nitrogen and oxygen atoms in total. The first-order valence-corrected chi connectivity index (χ1v) is 5.29. The van der Waals surface area contributed by atoms with Crippen LogP contribution in [0, 0.1) is 5.92 Å². The Morgan fingerprint density at radius 1 is 1.53 bits per heavy atom. The van der Waals surface area contributed by atoms with E-state index in [1.54, 1.807) is 0 Å². The molecule has 0 saturated carbocycles. The van der Waals surface area contributed by atoms with E-state index in [-0.39, 0.29) is 23.6 Å². The predicted molar refractivity (Wildman–Crippen MR) is 58.5 cm³/mol. The average molecular weight is 212 g/mol. The van der Waals surface area contributed by atoms with Crippen LogP contribution in [0.5, 0.6) is 0 Å². The van der Waals surface area contributed by atoms with Crippen LogP contribution in [0.15, 0.2) is 12.2 Å². The summed E-state index contributed by atoms with van der Waals surface area (Å²) in [5, 5.41) is 0. The summed E-state index contributed by atoms with van der Waals surface area (Å²) >= 11 is 0. The highest BCUT2D eigenvalue weighted by Gasteiger charge is 2.42. The Morgan fingerprint density at radius 2 is 2.13 bits per heavy atom. The summed E-state index contributed by atoms with van der Waals surface area (Å²) < 4.78 is 10.9. The molecule has 15 heavy (non-hydrogen) atoms. The number of carbonyl (C=O) groups excluding carboxylic acids is 1. The molecule has 1 heterocycles. The lowest BCUT2D eigenvalue weighted by molar-refractivity contribution is -0.143. The SMILES string of the molecule is C=C(C)[C@@H]1C[C@@H](COC(C)=O)C(C)(C)O1. The lowest BCUT2D eigenvalue weighted by Gasteiger charge is -2.25. The lowest BCUT2D eigenvalue weighted by Crippen LogP contribution is -2.31. The molecule has 86 valence electrons. The summed E-state index contributed by atoms with van der Waals surface area (Å²) in [4.78, 5) is 10.7. The van der Waals surface area contributed by atoms with E-state index in [1.165, 1.54) is 6.92 Å². The van der Waals surface area contributed by atoms with E-state index >= 15 is 0 Å². The molecular weight excluding hydrogens is 192 g/mol. The molecule has 0 spiro atoms. The van der Waals surface area contributed by atoms with E-state index in [0.717, 1.165) is 12.0 Å². The number of hydrogen-bond acceptors (Lipinski definition) is 3. The first kappa shape index (κ1) is 12.2. The Kier molecular flexibility index (Phi) is 3.55. The molecule has 0 aliphatic carbocycles. The Hall–Kier alpha value is -0.830. The van der Waals surface area contributed by atoms with Crippen LogP contribution in [-0.2, 0) is 14.3 Å². The van der Waals surface area contributed by atoms with E-state index in [1.807, 2.05) is 20.8 Å². The quantitative estimate of drug-likeness (QED) is 0.532. The fourth-order valence-electron chi connectivity index (χ4n) is 1.84. The smallest absolute Gasteiger partial charge is 0.302 e. The zero-order valence-electron chi connectivity index (χ0n) is 10.0. The molecule has 0 aromatic carbocycles. The van der Waals surface area contributed by atoms with Gasteiger partial charge in [0.05, 0.1) is 18.3 Å². The van der Waals surface area contributed by atoms with Crippen LogP contribution < -0.4 is 0 Å². The Bertz CT molecular complexity index is 268. The summed E-state index contributed by atoms with van der Waals surface area (Å²) in [6, 6.07) is 0. The molecule has 1 fully saturated rings. The number of ether oxygens (including phenoxy) is 2. The number of esters is 1. The largest absolute Gasteiger partial charge is 0.465 e. The molecule has 0 aromatic rings. The molecule has 0 bridgehead atoms. The standard InChI is InChI=1S/C12H20O3/c1-8(2)11-6-10(7-14-9(3)13)12(4,5)15-11/h10-11H,1,6-7H2,2-5H3/t10-,11-/m0/s1. The third-order valence-corrected chi connectivity index (χ3v) is 2.97. The molecule has 1 aliphatic heterocycles. The number of rotatable bonds is 3. The van der Waals surface area contributed by atoms with Crippen molar-refractivity contribution in [2.45, 2.75) is 45.8 Å². The maximum atomic E-state index is 10.7. The van der Waals surface area contributed by atoms with Gasteiger partial charge in [-0.2, -0.15) is 0 Å². The second-order valence-electron chi connectivity index (χ2n) is 4.79. The predicted octanol–water partition coefficient (Wildman–Crippen LogP) is 2.31. The molecule has 2 atom stereocenters. The van der Waals surface area contributed by atoms with Crippen LogP contribution >= 0.6 is 0 Å². The van der Waals surface area contributed by atoms with Gasteiger partial charge in [-0.05, 0) is 27.2 Å². The van der Waals surface area contributed by atoms with Crippen molar-refractivity contribution in [1.29, 1.82) is 0 Å². The summed E-state index contributed by atoms with van der Waals surface area (Å²) in [6.45, 7) is 11.8. The third kappa shape index (κ3) is 3.06. The Labute approximate surface area is 91.4 Å². The monoisotopic (exact) mass is 212 g/mol. The van der Waals surface area contributed by atoms with Gasteiger partial charge >= 0.3 is 5.97 Å². The normalized spacial score (nSPS) is 28.8. The fourth-order valence-corrected chi connectivity index (χ4v) is 1.84. The van der Waals surface area contributed by atoms with Crippen LogP contribution in [0.1, 0.15) is 34.1 Å². The molecule has 0 N–H and O–H groups in total. The summed E-state index contributed by atoms with van der Waals surface area (Å²) in [7, 11) is 0. The Balaban J connectivity index is 2.57. The molecule has 0 amide bonds. The van der Waals surface area contributed by atoms with Crippen molar-refractivity contribution in [3.63, 3.8) is 0 Å². The van der Waals surface area contributed by atoms with Gasteiger partial charge in [-0.25, -0.2) is 0 Å². The van der Waals surface area contributed by atoms with E-state index in [9.17, 15) is 4.79 Å². The van der Waals surface area contributed by atoms with E-state index in [0.29, 0.717) is 6.61 Å². The van der Waals surface area contributed by atoms with Crippen molar-refractivity contribution in [1.82, 2.24) is 0 Å². The molecule has 1 rings (SSSR count). The van der Waals surface area contributed by atoms with Crippen molar-refractivity contribution < 1.29 is 14.3 Å². The minimum absolute atomic E-state index is 0.0977. The Morgan fingerprint density at radius 3 is 2.53 bits per heavy atom. The first-order valence-electron chi connectivity index (χ1n) is 5.29. The van der Waals surface area contributed by atoms with Gasteiger partial charge in [0.1, 0.15) is 0 Å². The highest BCUT2D eigenvalue weighted by molar-refractivity contribution is 5.65. The van der Waals surface area contributed by atoms with Gasteiger partial charge in [-0.1, -0.05) is 12.2 Å². The summed E-state index contributed by atoms with van der Waals surface area (Å²) in [5.74, 6) is 0.0210. The molecule has 0 radical (unpaired) electrons. The van der Waals surface area contributed by atoms with Crippen LogP contribution in [0.4, 0.5) is 0 Å². The number of carbonyl (C=O) groups is 1. The van der Waals surface area contributed by atoms with Gasteiger partial charge in [0.15, 0.2) is 0 Å². The molecule has 0 unspecified atom stereocenters. The van der Waals surface area contributed by atoms with E-state index < -0.39 is 0 Å². The van der Waals surface area contributed by atoms with Crippen molar-refractivity contribution in [3.8, 4) is 0 Å². The third-order valence-electron chi connectivity index (χ3n) is 2.97. The molecule has 0 aromatic heterocycles. The van der Waals surface area contributed by atoms with Gasteiger partial charge in [0.25, 0.3) is 0 Å². The van der Waals surface area contributed by atoms with Gasteiger partial charge in [0, 0.05) is 12.8 Å². The second kappa shape index (κ2) is 4.35. The van der Waals surface area contributed by atoms with Gasteiger partial charge in [-0.3, -0.25) is 4.79 Å². The zero-order chi connectivity index (χ0) is 11.6. The van der Waals surface area contributed by atoms with Crippen molar-refractivity contribution in [3.05, 3.63) is 12.2 Å². The van der Waals surface area contributed by atoms with E-state index in [4.69, 9.17) is 9.47 Å². The van der Waals surface area contributed by atoms with Crippen LogP contribution in [0.25, 0.3) is 0 Å². The van der Waals surface area contributed by atoms with Gasteiger partial charge in [0.2, 0.25) is 0 Å². The minimum atomic E-state index is -0.237. The second-order valence-corrected chi connectivity index (χ2v) is 4.79. The molecule has 3 heteroatoms. The minimum Gasteiger partial charge on any atom is -0.465 e. The topological polar surface area (TPSA) is 35.5 Å². The maximum Gasteiger partial charge on any atom is 0.302 e. The van der Waals surface area contributed by atoms with E-state index in [2.05, 4.69) is 6.58 Å². The number of hydrogen-bond donors (Lipinski definition) is 0. The van der Waals surface area contributed by atoms with Crippen LogP contribution in [0.2, 0.25) is 0 Å². The fraction of sp³-hybridized carbons (Fsp3) is 0.750. The first-order chi connectivity index (χ1) is 6.83. The van der Waals surface area contributed by atoms with Crippen molar-refractivity contribution in [2.75, 3.05) is 6.61 Å².